The van der Waals surface area contributed by atoms with E-state index in [1.165, 1.54) is 12.8 Å². The fourth-order valence-corrected chi connectivity index (χ4v) is 4.38. The predicted octanol–water partition coefficient (Wildman–Crippen LogP) is 2.40. The molecular formula is C20H21N7O. The summed E-state index contributed by atoms with van der Waals surface area (Å²) in [5, 5.41) is 19.6. The van der Waals surface area contributed by atoms with Crippen LogP contribution in [0.3, 0.4) is 0 Å². The van der Waals surface area contributed by atoms with Crippen LogP contribution in [0.5, 0.6) is 0 Å². The van der Waals surface area contributed by atoms with E-state index in [0.29, 0.717) is 5.92 Å². The van der Waals surface area contributed by atoms with Crippen LogP contribution in [0.2, 0.25) is 0 Å². The van der Waals surface area contributed by atoms with Crippen LogP contribution in [-0.4, -0.2) is 44.3 Å². The van der Waals surface area contributed by atoms with Crippen molar-refractivity contribution in [2.75, 3.05) is 28.6 Å². The fraction of sp³-hybridized carbons (Fsp3) is 0.400. The first-order chi connectivity index (χ1) is 13.7. The van der Waals surface area contributed by atoms with Crippen LogP contribution in [0.1, 0.15) is 37.3 Å². The molecule has 1 aromatic carbocycles. The molecule has 2 aliphatic heterocycles. The highest BCUT2D eigenvalue weighted by Crippen LogP contribution is 2.41. The molecule has 2 N–H and O–H groups in total. The maximum absolute atomic E-state index is 12.9. The SMILES string of the molecule is O=C1Nc2ccccc2NC12CCN(c1cc(C3CC3)nn3cnnc13)CC2. The Labute approximate surface area is 161 Å². The third-order valence-corrected chi connectivity index (χ3v) is 6.20. The maximum atomic E-state index is 12.9. The van der Waals surface area contributed by atoms with Gasteiger partial charge in [0.1, 0.15) is 11.9 Å². The normalized spacial score (nSPS) is 20.7. The van der Waals surface area contributed by atoms with E-state index in [9.17, 15) is 4.79 Å². The number of fused-ring (bicyclic) bond motifs is 2. The number of carbonyl (C=O) groups is 1. The molecule has 0 unspecified atom stereocenters. The molecule has 1 saturated heterocycles. The molecule has 28 heavy (non-hydrogen) atoms. The highest BCUT2D eigenvalue weighted by Gasteiger charge is 2.44. The molecule has 142 valence electrons. The molecule has 2 fully saturated rings. The molecule has 6 rings (SSSR count). The van der Waals surface area contributed by atoms with Crippen molar-refractivity contribution >= 4 is 28.6 Å². The number of carbonyl (C=O) groups excluding carboxylic acids is 1. The monoisotopic (exact) mass is 375 g/mol. The Morgan fingerprint density at radius 2 is 1.89 bits per heavy atom. The van der Waals surface area contributed by atoms with Gasteiger partial charge in [0.25, 0.3) is 0 Å². The fourth-order valence-electron chi connectivity index (χ4n) is 4.38. The van der Waals surface area contributed by atoms with E-state index >= 15 is 0 Å². The summed E-state index contributed by atoms with van der Waals surface area (Å²) in [5.41, 5.74) is 4.27. The molecule has 0 bridgehead atoms. The van der Waals surface area contributed by atoms with E-state index in [1.807, 2.05) is 24.3 Å². The Kier molecular flexibility index (Phi) is 3.21. The molecule has 1 spiro atoms. The average molecular weight is 375 g/mol. The second-order valence-corrected chi connectivity index (χ2v) is 8.02. The lowest BCUT2D eigenvalue weighted by Gasteiger charge is -2.44. The summed E-state index contributed by atoms with van der Waals surface area (Å²) in [6.07, 6.45) is 5.53. The molecule has 0 radical (unpaired) electrons. The summed E-state index contributed by atoms with van der Waals surface area (Å²) < 4.78 is 1.79. The van der Waals surface area contributed by atoms with Crippen LogP contribution in [-0.2, 0) is 4.79 Å². The van der Waals surface area contributed by atoms with E-state index in [4.69, 9.17) is 0 Å². The number of nitrogens with one attached hydrogen (secondary N) is 2. The number of amides is 1. The number of para-hydroxylation sites is 2. The van der Waals surface area contributed by atoms with Gasteiger partial charge in [-0.25, -0.2) is 0 Å². The largest absolute Gasteiger partial charge is 0.369 e. The van der Waals surface area contributed by atoms with Gasteiger partial charge in [0.05, 0.1) is 22.8 Å². The molecule has 8 heteroatoms. The molecule has 2 aromatic heterocycles. The van der Waals surface area contributed by atoms with Gasteiger partial charge in [-0.2, -0.15) is 9.61 Å². The summed E-state index contributed by atoms with van der Waals surface area (Å²) in [6.45, 7) is 1.55. The van der Waals surface area contributed by atoms with E-state index in [1.54, 1.807) is 10.8 Å². The zero-order valence-corrected chi connectivity index (χ0v) is 15.4. The van der Waals surface area contributed by atoms with Crippen molar-refractivity contribution in [1.29, 1.82) is 0 Å². The highest BCUT2D eigenvalue weighted by molar-refractivity contribution is 6.06. The number of rotatable bonds is 2. The first-order valence-electron chi connectivity index (χ1n) is 9.86. The van der Waals surface area contributed by atoms with E-state index < -0.39 is 5.54 Å². The van der Waals surface area contributed by atoms with Gasteiger partial charge in [0, 0.05) is 19.0 Å². The van der Waals surface area contributed by atoms with Gasteiger partial charge in [-0.05, 0) is 43.9 Å². The highest BCUT2D eigenvalue weighted by atomic mass is 16.2. The van der Waals surface area contributed by atoms with Crippen molar-refractivity contribution in [1.82, 2.24) is 19.8 Å². The Balaban J connectivity index is 1.29. The van der Waals surface area contributed by atoms with Gasteiger partial charge < -0.3 is 15.5 Å². The first-order valence-corrected chi connectivity index (χ1v) is 9.86. The summed E-state index contributed by atoms with van der Waals surface area (Å²) in [4.78, 5) is 15.2. The number of nitrogens with zero attached hydrogens (tertiary/aromatic N) is 5. The second-order valence-electron chi connectivity index (χ2n) is 8.02. The van der Waals surface area contributed by atoms with E-state index in [2.05, 4.69) is 36.9 Å². The van der Waals surface area contributed by atoms with Crippen molar-refractivity contribution < 1.29 is 4.79 Å². The molecule has 0 atom stereocenters. The van der Waals surface area contributed by atoms with Gasteiger partial charge in [-0.1, -0.05) is 12.1 Å². The number of piperidine rings is 1. The molecule has 3 aliphatic rings. The van der Waals surface area contributed by atoms with Gasteiger partial charge in [0.2, 0.25) is 11.6 Å². The van der Waals surface area contributed by atoms with Gasteiger partial charge >= 0.3 is 0 Å². The Hall–Kier alpha value is -3.16. The van der Waals surface area contributed by atoms with Crippen LogP contribution < -0.4 is 15.5 Å². The van der Waals surface area contributed by atoms with E-state index in [-0.39, 0.29) is 5.91 Å². The average Bonchev–Trinajstić information content (AvgIpc) is 3.46. The molecule has 1 saturated carbocycles. The van der Waals surface area contributed by atoms with Crippen LogP contribution in [0.25, 0.3) is 5.65 Å². The van der Waals surface area contributed by atoms with Crippen LogP contribution >= 0.6 is 0 Å². The lowest BCUT2D eigenvalue weighted by Crippen LogP contribution is -2.58. The van der Waals surface area contributed by atoms with Gasteiger partial charge in [0.15, 0.2) is 0 Å². The molecule has 3 aromatic rings. The van der Waals surface area contributed by atoms with Crippen molar-refractivity contribution in [2.45, 2.75) is 37.1 Å². The van der Waals surface area contributed by atoms with Crippen LogP contribution in [0.15, 0.2) is 36.7 Å². The van der Waals surface area contributed by atoms with Crippen molar-refractivity contribution in [3.05, 3.63) is 42.4 Å². The minimum Gasteiger partial charge on any atom is -0.369 e. The second kappa shape index (κ2) is 5.67. The quantitative estimate of drug-likeness (QED) is 0.715. The van der Waals surface area contributed by atoms with Crippen molar-refractivity contribution in [2.24, 2.45) is 0 Å². The number of hydrogen-bond donors (Lipinski definition) is 2. The summed E-state index contributed by atoms with van der Waals surface area (Å²) >= 11 is 0. The zero-order chi connectivity index (χ0) is 18.7. The third kappa shape index (κ3) is 2.37. The van der Waals surface area contributed by atoms with Crippen molar-refractivity contribution in [3.8, 4) is 0 Å². The molecule has 8 nitrogen and oxygen atoms in total. The Morgan fingerprint density at radius 3 is 2.68 bits per heavy atom. The summed E-state index contributed by atoms with van der Waals surface area (Å²) in [6, 6.07) is 10.0. The maximum Gasteiger partial charge on any atom is 0.250 e. The molecule has 4 heterocycles. The minimum absolute atomic E-state index is 0.0619. The van der Waals surface area contributed by atoms with E-state index in [0.717, 1.165) is 54.3 Å². The topological polar surface area (TPSA) is 87.5 Å². The van der Waals surface area contributed by atoms with Gasteiger partial charge in [-0.15, -0.1) is 10.2 Å². The number of anilines is 3. The smallest absolute Gasteiger partial charge is 0.250 e. The van der Waals surface area contributed by atoms with Crippen LogP contribution in [0, 0.1) is 0 Å². The molecule has 1 aliphatic carbocycles. The third-order valence-electron chi connectivity index (χ3n) is 6.20. The standard InChI is InChI=1S/C20H21N7O/c28-19-20(23-15-4-2-1-3-14(15)22-19)7-9-26(10-8-20)17-11-16(13-5-6-13)25-27-12-21-24-18(17)27/h1-4,11-13,23H,5-10H2,(H,22,28). The van der Waals surface area contributed by atoms with Crippen LogP contribution in [0.4, 0.5) is 17.1 Å². The zero-order valence-electron chi connectivity index (χ0n) is 15.4. The summed E-state index contributed by atoms with van der Waals surface area (Å²) in [7, 11) is 0. The number of aromatic nitrogens is 4. The molecule has 1 amide bonds. The Morgan fingerprint density at radius 1 is 1.11 bits per heavy atom. The Bertz CT molecular complexity index is 1080. The van der Waals surface area contributed by atoms with Gasteiger partial charge in [-0.3, -0.25) is 4.79 Å². The summed E-state index contributed by atoms with van der Waals surface area (Å²) in [5.74, 6) is 0.621. The predicted molar refractivity (Wildman–Crippen MR) is 106 cm³/mol. The lowest BCUT2D eigenvalue weighted by atomic mass is 9.84. The minimum atomic E-state index is -0.554. The van der Waals surface area contributed by atoms with Crippen molar-refractivity contribution in [3.63, 3.8) is 0 Å². The number of benzene rings is 1. The lowest BCUT2D eigenvalue weighted by molar-refractivity contribution is -0.121. The number of hydrogen-bond acceptors (Lipinski definition) is 6. The first kappa shape index (κ1) is 15.9. The molecular weight excluding hydrogens is 354 g/mol.